The zero-order valence-electron chi connectivity index (χ0n) is 18.3. The molecule has 3 aromatic rings. The highest BCUT2D eigenvalue weighted by Crippen LogP contribution is 2.34. The lowest BCUT2D eigenvalue weighted by molar-refractivity contribution is 0.0981. The van der Waals surface area contributed by atoms with Crippen LogP contribution in [0.1, 0.15) is 34.0 Å². The quantitative estimate of drug-likeness (QED) is 0.614. The molecule has 0 aromatic heterocycles. The Kier molecular flexibility index (Phi) is 6.04. The first-order chi connectivity index (χ1) is 15.3. The molecule has 1 N–H and O–H groups in total. The number of aryl methyl sites for hydroxylation is 1. The third-order valence-electron chi connectivity index (χ3n) is 5.72. The predicted molar refractivity (Wildman–Crippen MR) is 125 cm³/mol. The summed E-state index contributed by atoms with van der Waals surface area (Å²) in [6.07, 6.45) is 0.757. The van der Waals surface area contributed by atoms with Crippen LogP contribution in [0.5, 0.6) is 5.75 Å². The summed E-state index contributed by atoms with van der Waals surface area (Å²) in [6.45, 7) is 4.07. The Morgan fingerprint density at radius 1 is 1.06 bits per heavy atom. The van der Waals surface area contributed by atoms with Gasteiger partial charge in [0.25, 0.3) is 5.91 Å². The van der Waals surface area contributed by atoms with Crippen LogP contribution in [0.3, 0.4) is 0 Å². The number of hydrogen-bond donors (Lipinski definition) is 1. The van der Waals surface area contributed by atoms with Crippen LogP contribution in [-0.2, 0) is 23.0 Å². The molecule has 4 rings (SSSR count). The molecule has 7 heteroatoms. The molecule has 3 aromatic carbocycles. The first kappa shape index (κ1) is 22.0. The Morgan fingerprint density at radius 2 is 1.75 bits per heavy atom. The number of amides is 1. The minimum Gasteiger partial charge on any atom is -0.497 e. The number of nitrogens with one attached hydrogen (secondary N) is 1. The minimum atomic E-state index is -3.62. The van der Waals surface area contributed by atoms with E-state index in [1.54, 1.807) is 60.5 Å². The number of ether oxygens (including phenoxy) is 1. The van der Waals surface area contributed by atoms with Gasteiger partial charge in [-0.25, -0.2) is 13.1 Å². The average molecular weight is 451 g/mol. The van der Waals surface area contributed by atoms with E-state index in [0.717, 1.165) is 28.8 Å². The summed E-state index contributed by atoms with van der Waals surface area (Å²) in [5.74, 6) is 0.607. The van der Waals surface area contributed by atoms with Gasteiger partial charge in [0.2, 0.25) is 10.0 Å². The number of anilines is 1. The molecule has 166 valence electrons. The van der Waals surface area contributed by atoms with E-state index in [2.05, 4.69) is 4.72 Å². The normalized spacial score (nSPS) is 15.5. The number of sulfonamides is 1. The highest BCUT2D eigenvalue weighted by molar-refractivity contribution is 7.89. The van der Waals surface area contributed by atoms with Gasteiger partial charge in [-0.2, -0.15) is 0 Å². The molecule has 1 aliphatic rings. The predicted octanol–water partition coefficient (Wildman–Crippen LogP) is 4.07. The molecule has 0 bridgehead atoms. The number of fused-ring (bicyclic) bond motifs is 1. The number of carbonyl (C=O) groups is 1. The molecule has 32 heavy (non-hydrogen) atoms. The maximum absolute atomic E-state index is 13.2. The molecule has 0 radical (unpaired) electrons. The van der Waals surface area contributed by atoms with Crippen molar-refractivity contribution in [1.29, 1.82) is 0 Å². The summed E-state index contributed by atoms with van der Waals surface area (Å²) in [5.41, 5.74) is 4.27. The van der Waals surface area contributed by atoms with E-state index in [9.17, 15) is 13.2 Å². The highest BCUT2D eigenvalue weighted by Gasteiger charge is 2.31. The largest absolute Gasteiger partial charge is 0.497 e. The van der Waals surface area contributed by atoms with E-state index in [-0.39, 0.29) is 23.4 Å². The van der Waals surface area contributed by atoms with E-state index in [4.69, 9.17) is 4.74 Å². The summed E-state index contributed by atoms with van der Waals surface area (Å²) < 4.78 is 33.1. The van der Waals surface area contributed by atoms with Gasteiger partial charge in [-0.05, 0) is 73.9 Å². The number of hydrogen-bond acceptors (Lipinski definition) is 4. The van der Waals surface area contributed by atoms with Gasteiger partial charge < -0.3 is 9.64 Å². The molecule has 0 saturated carbocycles. The maximum atomic E-state index is 13.2. The third-order valence-corrected chi connectivity index (χ3v) is 7.14. The second kappa shape index (κ2) is 8.76. The van der Waals surface area contributed by atoms with Crippen molar-refractivity contribution in [3.63, 3.8) is 0 Å². The lowest BCUT2D eigenvalue weighted by atomic mass is 10.1. The Balaban J connectivity index is 1.55. The maximum Gasteiger partial charge on any atom is 0.258 e. The molecule has 0 fully saturated rings. The molecule has 0 aliphatic carbocycles. The lowest BCUT2D eigenvalue weighted by Crippen LogP contribution is -2.35. The van der Waals surface area contributed by atoms with Gasteiger partial charge >= 0.3 is 0 Å². The number of benzene rings is 3. The Morgan fingerprint density at radius 3 is 2.41 bits per heavy atom. The fourth-order valence-corrected chi connectivity index (χ4v) is 4.94. The Hall–Kier alpha value is -3.16. The highest BCUT2D eigenvalue weighted by atomic mass is 32.2. The van der Waals surface area contributed by atoms with E-state index in [0.29, 0.717) is 11.3 Å². The van der Waals surface area contributed by atoms with E-state index in [1.165, 1.54) is 0 Å². The summed E-state index contributed by atoms with van der Waals surface area (Å²) >= 11 is 0. The molecule has 0 saturated heterocycles. The number of methoxy groups -OCH3 is 1. The van der Waals surface area contributed by atoms with Crippen LogP contribution in [-0.4, -0.2) is 27.5 Å². The van der Waals surface area contributed by atoms with Crippen molar-refractivity contribution >= 4 is 21.6 Å². The fraction of sp³-hybridized carbons (Fsp3) is 0.240. The Labute approximate surface area is 188 Å². The zero-order chi connectivity index (χ0) is 22.9. The van der Waals surface area contributed by atoms with Crippen LogP contribution in [0.4, 0.5) is 5.69 Å². The lowest BCUT2D eigenvalue weighted by Gasteiger charge is -2.23. The number of carbonyl (C=O) groups excluding carboxylic acids is 1. The fourth-order valence-electron chi connectivity index (χ4n) is 3.92. The topological polar surface area (TPSA) is 75.7 Å². The van der Waals surface area contributed by atoms with Crippen LogP contribution in [0, 0.1) is 6.92 Å². The van der Waals surface area contributed by atoms with E-state index in [1.807, 2.05) is 32.0 Å². The van der Waals surface area contributed by atoms with E-state index >= 15 is 0 Å². The monoisotopic (exact) mass is 450 g/mol. The average Bonchev–Trinajstić information content (AvgIpc) is 3.12. The van der Waals surface area contributed by atoms with Crippen LogP contribution in [0.2, 0.25) is 0 Å². The molecule has 1 aliphatic heterocycles. The van der Waals surface area contributed by atoms with Crippen LogP contribution in [0.25, 0.3) is 0 Å². The first-order valence-electron chi connectivity index (χ1n) is 10.4. The van der Waals surface area contributed by atoms with Gasteiger partial charge in [0.05, 0.1) is 12.0 Å². The van der Waals surface area contributed by atoms with E-state index < -0.39 is 10.0 Å². The minimum absolute atomic E-state index is 0.0131. The van der Waals surface area contributed by atoms with Gasteiger partial charge in [0.1, 0.15) is 5.75 Å². The smallest absolute Gasteiger partial charge is 0.258 e. The second-order valence-corrected chi connectivity index (χ2v) is 9.82. The standard InChI is InChI=1S/C25H26N2O4S/c1-17-4-12-23(13-5-17)32(29,30)26-16-19-6-7-21-14-18(2)27(24(21)15-19)25(28)20-8-10-22(31-3)11-9-20/h4-13,15,18,26H,14,16H2,1-3H3. The van der Waals surface area contributed by atoms with Gasteiger partial charge in [-0.15, -0.1) is 0 Å². The van der Waals surface area contributed by atoms with Gasteiger partial charge in [0.15, 0.2) is 0 Å². The van der Waals surface area contributed by atoms with Crippen molar-refractivity contribution in [3.8, 4) is 5.75 Å². The molecule has 1 amide bonds. The molecule has 0 spiro atoms. The molecule has 1 heterocycles. The molecule has 1 unspecified atom stereocenters. The summed E-state index contributed by atoms with van der Waals surface area (Å²) in [4.78, 5) is 15.3. The van der Waals surface area contributed by atoms with Crippen molar-refractivity contribution in [1.82, 2.24) is 4.72 Å². The molecule has 6 nitrogen and oxygen atoms in total. The SMILES string of the molecule is COc1ccc(C(=O)N2c3cc(CNS(=O)(=O)c4ccc(C)cc4)ccc3CC2C)cc1. The van der Waals surface area contributed by atoms with Gasteiger partial charge in [0, 0.05) is 23.8 Å². The first-order valence-corrected chi connectivity index (χ1v) is 11.9. The summed E-state index contributed by atoms with van der Waals surface area (Å²) in [7, 11) is -2.03. The number of rotatable bonds is 6. The number of nitrogens with zero attached hydrogens (tertiary/aromatic N) is 1. The van der Waals surface area contributed by atoms with Crippen molar-refractivity contribution < 1.29 is 17.9 Å². The molecule has 1 atom stereocenters. The zero-order valence-corrected chi connectivity index (χ0v) is 19.1. The van der Waals surface area contributed by atoms with Gasteiger partial charge in [-0.3, -0.25) is 4.79 Å². The third kappa shape index (κ3) is 4.40. The van der Waals surface area contributed by atoms with Gasteiger partial charge in [-0.1, -0.05) is 29.8 Å². The molecular weight excluding hydrogens is 424 g/mol. The van der Waals surface area contributed by atoms with Crippen LogP contribution in [0.15, 0.2) is 71.6 Å². The second-order valence-electron chi connectivity index (χ2n) is 8.06. The summed E-state index contributed by atoms with van der Waals surface area (Å²) in [6, 6.07) is 19.6. The molecular formula is C25H26N2O4S. The van der Waals surface area contributed by atoms with Crippen LogP contribution < -0.4 is 14.4 Å². The van der Waals surface area contributed by atoms with Crippen molar-refractivity contribution in [2.45, 2.75) is 37.8 Å². The van der Waals surface area contributed by atoms with Crippen LogP contribution >= 0.6 is 0 Å². The van der Waals surface area contributed by atoms with Crippen molar-refractivity contribution in [3.05, 3.63) is 89.0 Å². The summed E-state index contributed by atoms with van der Waals surface area (Å²) in [5, 5.41) is 0. The van der Waals surface area contributed by atoms with Crippen molar-refractivity contribution in [2.75, 3.05) is 12.0 Å². The van der Waals surface area contributed by atoms with Crippen molar-refractivity contribution in [2.24, 2.45) is 0 Å². The Bertz CT molecular complexity index is 1240.